The van der Waals surface area contributed by atoms with Crippen LogP contribution in [0.3, 0.4) is 0 Å². The van der Waals surface area contributed by atoms with E-state index in [2.05, 4.69) is 26.3 Å². The number of imidazole rings is 1. The maximum Gasteiger partial charge on any atom is 0.226 e. The van der Waals surface area contributed by atoms with E-state index in [9.17, 15) is 15.0 Å². The summed E-state index contributed by atoms with van der Waals surface area (Å²) in [6.07, 6.45) is 0.296. The predicted octanol–water partition coefficient (Wildman–Crippen LogP) is 2.66. The number of aliphatic hydroxyl groups excluding tert-OH is 2. The highest BCUT2D eigenvalue weighted by Gasteiger charge is 2.74. The van der Waals surface area contributed by atoms with Gasteiger partial charge in [-0.05, 0) is 36.4 Å². The van der Waals surface area contributed by atoms with Crippen LogP contribution in [0, 0.1) is 18.3 Å². The van der Waals surface area contributed by atoms with E-state index in [4.69, 9.17) is 11.6 Å². The quantitative estimate of drug-likeness (QED) is 0.504. The van der Waals surface area contributed by atoms with Crippen LogP contribution in [0.1, 0.15) is 36.9 Å². The Morgan fingerprint density at radius 1 is 1.35 bits per heavy atom. The molecule has 9 heteroatoms. The summed E-state index contributed by atoms with van der Waals surface area (Å²) in [7, 11) is 0. The van der Waals surface area contributed by atoms with Gasteiger partial charge in [-0.3, -0.25) is 4.79 Å². The summed E-state index contributed by atoms with van der Waals surface area (Å²) in [5.74, 6) is 0.332. The first-order valence-corrected chi connectivity index (χ1v) is 10.8. The number of benzene rings is 1. The third-order valence-electron chi connectivity index (χ3n) is 6.77. The molecular weight excluding hydrogens is 418 g/mol. The predicted molar refractivity (Wildman–Crippen MR) is 116 cm³/mol. The van der Waals surface area contributed by atoms with Gasteiger partial charge in [-0.15, -0.1) is 0 Å². The number of aromatic nitrogens is 4. The van der Waals surface area contributed by atoms with Crippen molar-refractivity contribution in [2.75, 3.05) is 5.32 Å². The lowest BCUT2D eigenvalue weighted by Crippen LogP contribution is -2.37. The number of Topliss-reactive ketones (excluding diaryl/α,β-unsaturated/α-hetero) is 1. The van der Waals surface area contributed by atoms with Gasteiger partial charge in [0.2, 0.25) is 5.28 Å². The SMILES string of the molecule is CCC(=O)[C@@]12C[C@@H]1[C@@H](n1cnc3c(NCc4cccc(C)c4)nc(Cl)nc31)[C@@H](O)C2O. The zero-order valence-electron chi connectivity index (χ0n) is 17.3. The van der Waals surface area contributed by atoms with Crippen molar-refractivity contribution in [3.8, 4) is 0 Å². The Bertz CT molecular complexity index is 1180. The van der Waals surface area contributed by atoms with Gasteiger partial charge in [-0.1, -0.05) is 36.8 Å². The third-order valence-corrected chi connectivity index (χ3v) is 6.94. The second-order valence-corrected chi connectivity index (χ2v) is 8.90. The summed E-state index contributed by atoms with van der Waals surface area (Å²) >= 11 is 6.21. The number of nitrogens with zero attached hydrogens (tertiary/aromatic N) is 4. The van der Waals surface area contributed by atoms with Crippen LogP contribution in [0.4, 0.5) is 5.82 Å². The molecule has 5 rings (SSSR count). The highest BCUT2D eigenvalue weighted by atomic mass is 35.5. The molecule has 3 N–H and O–H groups in total. The highest BCUT2D eigenvalue weighted by Crippen LogP contribution is 2.68. The minimum Gasteiger partial charge on any atom is -0.389 e. The number of fused-ring (bicyclic) bond motifs is 2. The Morgan fingerprint density at radius 2 is 2.16 bits per heavy atom. The molecule has 0 radical (unpaired) electrons. The Morgan fingerprint density at radius 3 is 2.90 bits per heavy atom. The Hall–Kier alpha value is -2.55. The zero-order chi connectivity index (χ0) is 21.9. The summed E-state index contributed by atoms with van der Waals surface area (Å²) in [5.41, 5.74) is 2.39. The molecule has 0 aliphatic heterocycles. The molecule has 31 heavy (non-hydrogen) atoms. The first kappa shape index (κ1) is 20.4. The fourth-order valence-corrected chi connectivity index (χ4v) is 5.38. The van der Waals surface area contributed by atoms with Gasteiger partial charge in [0.15, 0.2) is 17.0 Å². The van der Waals surface area contributed by atoms with Gasteiger partial charge in [0.25, 0.3) is 0 Å². The van der Waals surface area contributed by atoms with Gasteiger partial charge in [-0.25, -0.2) is 4.98 Å². The minimum atomic E-state index is -1.09. The van der Waals surface area contributed by atoms with Crippen molar-refractivity contribution in [1.82, 2.24) is 19.5 Å². The van der Waals surface area contributed by atoms with Gasteiger partial charge in [0, 0.05) is 13.0 Å². The van der Waals surface area contributed by atoms with Crippen LogP contribution < -0.4 is 5.32 Å². The zero-order valence-corrected chi connectivity index (χ0v) is 18.0. The van der Waals surface area contributed by atoms with Crippen molar-refractivity contribution < 1.29 is 15.0 Å². The van der Waals surface area contributed by atoms with Crippen LogP contribution >= 0.6 is 11.6 Å². The molecule has 0 amide bonds. The lowest BCUT2D eigenvalue weighted by atomic mass is 9.92. The van der Waals surface area contributed by atoms with Crippen molar-refractivity contribution in [2.45, 2.75) is 51.5 Å². The largest absolute Gasteiger partial charge is 0.389 e. The molecule has 2 saturated carbocycles. The molecule has 3 aromatic rings. The topological polar surface area (TPSA) is 113 Å². The third kappa shape index (κ3) is 3.04. The number of rotatable bonds is 6. The Labute approximate surface area is 184 Å². The minimum absolute atomic E-state index is 0.0101. The molecule has 0 bridgehead atoms. The Balaban J connectivity index is 1.49. The van der Waals surface area contributed by atoms with Gasteiger partial charge in [0.1, 0.15) is 11.9 Å². The van der Waals surface area contributed by atoms with Crippen LogP contribution in [0.5, 0.6) is 0 Å². The molecule has 162 valence electrons. The normalized spacial score (nSPS) is 29.2. The van der Waals surface area contributed by atoms with E-state index in [0.29, 0.717) is 36.4 Å². The summed E-state index contributed by atoms with van der Waals surface area (Å²) in [6, 6.07) is 7.64. The molecule has 8 nitrogen and oxygen atoms in total. The second-order valence-electron chi connectivity index (χ2n) is 8.56. The molecule has 2 heterocycles. The van der Waals surface area contributed by atoms with E-state index >= 15 is 0 Å². The average molecular weight is 442 g/mol. The summed E-state index contributed by atoms with van der Waals surface area (Å²) in [6.45, 7) is 4.36. The lowest BCUT2D eigenvalue weighted by Gasteiger charge is -2.23. The Kier molecular flexibility index (Phi) is 4.76. The molecule has 5 atom stereocenters. The number of ketones is 1. The molecule has 1 aromatic carbocycles. The molecule has 1 unspecified atom stereocenters. The van der Waals surface area contributed by atoms with E-state index in [1.165, 1.54) is 0 Å². The monoisotopic (exact) mass is 441 g/mol. The van der Waals surface area contributed by atoms with Crippen LogP contribution in [-0.2, 0) is 11.3 Å². The lowest BCUT2D eigenvalue weighted by molar-refractivity contribution is -0.130. The van der Waals surface area contributed by atoms with Crippen molar-refractivity contribution in [3.63, 3.8) is 0 Å². The van der Waals surface area contributed by atoms with Crippen molar-refractivity contribution in [1.29, 1.82) is 0 Å². The molecule has 2 aliphatic rings. The van der Waals surface area contributed by atoms with Gasteiger partial charge in [0.05, 0.1) is 23.9 Å². The van der Waals surface area contributed by atoms with Gasteiger partial charge >= 0.3 is 0 Å². The number of nitrogens with one attached hydrogen (secondary N) is 1. The standard InChI is InChI=1S/C22H24ClN5O3/c1-3-14(29)22-8-13(22)16(17(30)18(22)31)28-10-25-15-19(26-21(23)27-20(15)28)24-9-12-6-4-5-11(2)7-12/h4-7,10,13,16-18,30-31H,3,8-9H2,1-2H3,(H,24,26,27)/t13-,16-,17-,18?,22-/m1/s1. The molecule has 0 spiro atoms. The van der Waals surface area contributed by atoms with Crippen LogP contribution in [0.15, 0.2) is 30.6 Å². The van der Waals surface area contributed by atoms with Crippen molar-refractivity contribution in [2.24, 2.45) is 11.3 Å². The van der Waals surface area contributed by atoms with E-state index in [1.807, 2.05) is 25.1 Å². The molecule has 2 aromatic heterocycles. The molecular formula is C22H24ClN5O3. The van der Waals surface area contributed by atoms with Crippen molar-refractivity contribution in [3.05, 3.63) is 47.0 Å². The number of hydrogen-bond acceptors (Lipinski definition) is 7. The summed E-state index contributed by atoms with van der Waals surface area (Å²) in [4.78, 5) is 25.6. The fraction of sp³-hybridized carbons (Fsp3) is 0.455. The summed E-state index contributed by atoms with van der Waals surface area (Å²) in [5, 5.41) is 24.8. The maximum absolute atomic E-state index is 12.5. The number of aliphatic hydroxyl groups is 2. The van der Waals surface area contributed by atoms with Gasteiger partial charge in [-0.2, -0.15) is 9.97 Å². The first-order valence-electron chi connectivity index (χ1n) is 10.5. The highest BCUT2D eigenvalue weighted by molar-refractivity contribution is 6.28. The van der Waals surface area contributed by atoms with Crippen LogP contribution in [-0.4, -0.2) is 47.7 Å². The number of carbonyl (C=O) groups excluding carboxylic acids is 1. The number of halogens is 1. The number of hydrogen-bond donors (Lipinski definition) is 3. The smallest absolute Gasteiger partial charge is 0.226 e. The molecule has 2 aliphatic carbocycles. The molecule has 0 saturated heterocycles. The van der Waals surface area contributed by atoms with Crippen LogP contribution in [0.2, 0.25) is 5.28 Å². The van der Waals surface area contributed by atoms with Crippen molar-refractivity contribution >= 4 is 34.4 Å². The summed E-state index contributed by atoms with van der Waals surface area (Å²) < 4.78 is 1.73. The second kappa shape index (κ2) is 7.25. The van der Waals surface area contributed by atoms with E-state index in [1.54, 1.807) is 17.8 Å². The molecule has 2 fully saturated rings. The maximum atomic E-state index is 12.5. The van der Waals surface area contributed by atoms with Gasteiger partial charge < -0.3 is 20.1 Å². The van der Waals surface area contributed by atoms with E-state index < -0.39 is 23.7 Å². The average Bonchev–Trinajstić information content (AvgIpc) is 3.29. The van der Waals surface area contributed by atoms with E-state index in [0.717, 1.165) is 11.1 Å². The first-order chi connectivity index (χ1) is 14.9. The van der Waals surface area contributed by atoms with E-state index in [-0.39, 0.29) is 17.0 Å². The number of carbonyl (C=O) groups is 1. The number of anilines is 1. The fourth-order valence-electron chi connectivity index (χ4n) is 5.21. The van der Waals surface area contributed by atoms with Crippen LogP contribution in [0.25, 0.3) is 11.2 Å². The number of aryl methyl sites for hydroxylation is 1.